The molecule has 0 atom stereocenters. The van der Waals surface area contributed by atoms with Crippen LogP contribution in [0.15, 0.2) is 45.5 Å². The lowest BCUT2D eigenvalue weighted by Gasteiger charge is -2.00. The van der Waals surface area contributed by atoms with Crippen molar-refractivity contribution in [1.82, 2.24) is 0 Å². The summed E-state index contributed by atoms with van der Waals surface area (Å²) in [6, 6.07) is 8.17. The number of ketones is 1. The Balaban J connectivity index is 0. The first-order chi connectivity index (χ1) is 10.5. The molecule has 0 saturated heterocycles. The minimum absolute atomic E-state index is 0.00610. The Kier molecular flexibility index (Phi) is 14.9. The normalized spacial score (nSPS) is 10.9. The highest BCUT2D eigenvalue weighted by Crippen LogP contribution is 2.18. The van der Waals surface area contributed by atoms with Crippen LogP contribution in [0, 0.1) is 6.92 Å². The Morgan fingerprint density at radius 3 is 2.05 bits per heavy atom. The van der Waals surface area contributed by atoms with Crippen LogP contribution in [-0.4, -0.2) is 23.0 Å². The molecule has 4 heteroatoms. The number of aliphatic imine (C=N–C) groups is 1. The number of aryl methyl sites for hydroxylation is 1. The molecule has 0 aliphatic rings. The molecule has 1 rings (SSSR count). The molecule has 1 aromatic rings. The molecule has 22 heavy (non-hydrogen) atoms. The fraction of sp³-hybridized carbons (Fsp3) is 0.444. The predicted molar refractivity (Wildman–Crippen MR) is 99.1 cm³/mol. The number of allylic oxidation sites excluding steroid dienone is 2. The number of benzene rings is 1. The van der Waals surface area contributed by atoms with E-state index in [0.717, 1.165) is 4.90 Å². The van der Waals surface area contributed by atoms with Crippen molar-refractivity contribution in [2.75, 3.05) is 5.88 Å². The highest BCUT2D eigenvalue weighted by Gasteiger charge is 2.03. The first kappa shape index (κ1) is 22.7. The van der Waals surface area contributed by atoms with Gasteiger partial charge in [-0.15, -0.1) is 11.8 Å². The number of rotatable bonds is 5. The minimum atomic E-state index is -0.181. The summed E-state index contributed by atoms with van der Waals surface area (Å²) in [5.74, 6) is 0.346. The third-order valence-corrected chi connectivity index (χ3v) is 3.20. The molecule has 1 N–H and O–H groups in total. The van der Waals surface area contributed by atoms with E-state index in [1.807, 2.05) is 58.9 Å². The number of hydrogen-bond donors (Lipinski definition) is 1. The molecule has 0 radical (unpaired) electrons. The quantitative estimate of drug-likeness (QED) is 0.332. The fourth-order valence-electron chi connectivity index (χ4n) is 1.31. The molecule has 0 fully saturated rings. The maximum absolute atomic E-state index is 11.2. The molecule has 0 aromatic heterocycles. The van der Waals surface area contributed by atoms with Gasteiger partial charge in [0.2, 0.25) is 0 Å². The second-order valence-corrected chi connectivity index (χ2v) is 4.97. The number of carbonyl (C=O) groups is 1. The molecule has 0 saturated carbocycles. The number of thioether (sulfide) groups is 1. The van der Waals surface area contributed by atoms with Gasteiger partial charge in [-0.3, -0.25) is 9.79 Å². The SMILES string of the molecule is CC.CC.CC(=O)C(/C=N\CSc1ccc(C)cc1)=C(\C)O. The van der Waals surface area contributed by atoms with Gasteiger partial charge in [-0.05, 0) is 32.9 Å². The summed E-state index contributed by atoms with van der Waals surface area (Å²) in [5, 5.41) is 9.29. The average Bonchev–Trinajstić information content (AvgIpc) is 2.52. The van der Waals surface area contributed by atoms with Crippen molar-refractivity contribution in [1.29, 1.82) is 0 Å². The molecule has 0 unspecified atom stereocenters. The van der Waals surface area contributed by atoms with E-state index in [1.54, 1.807) is 11.8 Å². The maximum Gasteiger partial charge on any atom is 0.164 e. The van der Waals surface area contributed by atoms with Crippen LogP contribution in [-0.2, 0) is 4.79 Å². The molecule has 1 aromatic carbocycles. The van der Waals surface area contributed by atoms with Crippen LogP contribution >= 0.6 is 11.8 Å². The highest BCUT2D eigenvalue weighted by atomic mass is 32.2. The van der Waals surface area contributed by atoms with Gasteiger partial charge in [-0.1, -0.05) is 45.4 Å². The van der Waals surface area contributed by atoms with Gasteiger partial charge in [0.1, 0.15) is 5.76 Å². The van der Waals surface area contributed by atoms with E-state index in [2.05, 4.69) is 4.99 Å². The number of aliphatic hydroxyl groups is 1. The van der Waals surface area contributed by atoms with Crippen LogP contribution in [0.4, 0.5) is 0 Å². The zero-order chi connectivity index (χ0) is 17.5. The predicted octanol–water partition coefficient (Wildman–Crippen LogP) is 5.59. The standard InChI is InChI=1S/C14H17NO2S.2C2H6/c1-10-4-6-13(7-5-10)18-9-15-8-14(11(2)16)12(3)17;2*1-2/h4-8,16H,9H2,1-3H3;2*1-2H3/b14-11+,15-8-;;. The molecule has 0 bridgehead atoms. The van der Waals surface area contributed by atoms with E-state index >= 15 is 0 Å². The number of carbonyl (C=O) groups excluding carboxylic acids is 1. The number of aliphatic hydroxyl groups excluding tert-OH is 1. The van der Waals surface area contributed by atoms with Crippen molar-refractivity contribution in [2.45, 2.75) is 53.4 Å². The van der Waals surface area contributed by atoms with E-state index in [1.165, 1.54) is 25.6 Å². The van der Waals surface area contributed by atoms with Crippen LogP contribution in [0.5, 0.6) is 0 Å². The van der Waals surface area contributed by atoms with Crippen molar-refractivity contribution in [3.8, 4) is 0 Å². The Hall–Kier alpha value is -1.55. The Morgan fingerprint density at radius 1 is 1.14 bits per heavy atom. The molecule has 0 heterocycles. The first-order valence-corrected chi connectivity index (χ1v) is 8.59. The molecule has 3 nitrogen and oxygen atoms in total. The molecule has 0 spiro atoms. The van der Waals surface area contributed by atoms with E-state index in [4.69, 9.17) is 0 Å². The summed E-state index contributed by atoms with van der Waals surface area (Å²) >= 11 is 1.58. The summed E-state index contributed by atoms with van der Waals surface area (Å²) in [7, 11) is 0. The smallest absolute Gasteiger partial charge is 0.164 e. The lowest BCUT2D eigenvalue weighted by molar-refractivity contribution is -0.113. The topological polar surface area (TPSA) is 49.7 Å². The van der Waals surface area contributed by atoms with E-state index in [0.29, 0.717) is 5.88 Å². The van der Waals surface area contributed by atoms with Gasteiger partial charge in [0.15, 0.2) is 5.78 Å². The Morgan fingerprint density at radius 2 is 1.64 bits per heavy atom. The zero-order valence-electron chi connectivity index (χ0n) is 14.8. The maximum atomic E-state index is 11.2. The third-order valence-electron chi connectivity index (χ3n) is 2.32. The molecule has 0 aliphatic heterocycles. The Labute approximate surface area is 139 Å². The van der Waals surface area contributed by atoms with Gasteiger partial charge < -0.3 is 5.11 Å². The lowest BCUT2D eigenvalue weighted by Crippen LogP contribution is -2.01. The number of Topliss-reactive ketones (excluding diaryl/α,β-unsaturated/α-hetero) is 1. The summed E-state index contributed by atoms with van der Waals surface area (Å²) < 4.78 is 0. The van der Waals surface area contributed by atoms with Crippen molar-refractivity contribution < 1.29 is 9.90 Å². The van der Waals surface area contributed by atoms with Gasteiger partial charge in [0.25, 0.3) is 0 Å². The zero-order valence-corrected chi connectivity index (χ0v) is 15.6. The highest BCUT2D eigenvalue weighted by molar-refractivity contribution is 7.99. The van der Waals surface area contributed by atoms with Gasteiger partial charge in [-0.2, -0.15) is 0 Å². The second-order valence-electron chi connectivity index (χ2n) is 3.95. The van der Waals surface area contributed by atoms with Gasteiger partial charge in [-0.25, -0.2) is 0 Å². The van der Waals surface area contributed by atoms with E-state index < -0.39 is 0 Å². The van der Waals surface area contributed by atoms with Crippen LogP contribution in [0.3, 0.4) is 0 Å². The van der Waals surface area contributed by atoms with Crippen LogP contribution in [0.2, 0.25) is 0 Å². The van der Waals surface area contributed by atoms with Gasteiger partial charge in [0.05, 0.1) is 11.4 Å². The number of hydrogen-bond acceptors (Lipinski definition) is 4. The van der Waals surface area contributed by atoms with Crippen LogP contribution < -0.4 is 0 Å². The summed E-state index contributed by atoms with van der Waals surface area (Å²) in [5.41, 5.74) is 1.49. The third kappa shape index (κ3) is 10.2. The van der Waals surface area contributed by atoms with Gasteiger partial charge in [0, 0.05) is 11.1 Å². The molecular formula is C18H29NO2S. The summed E-state index contributed by atoms with van der Waals surface area (Å²) in [4.78, 5) is 16.4. The monoisotopic (exact) mass is 323 g/mol. The molecule has 0 amide bonds. The average molecular weight is 324 g/mol. The molecule has 124 valence electrons. The van der Waals surface area contributed by atoms with Crippen molar-refractivity contribution in [2.24, 2.45) is 4.99 Å². The summed E-state index contributed by atoms with van der Waals surface area (Å²) in [6.07, 6.45) is 1.43. The van der Waals surface area contributed by atoms with Crippen LogP contribution in [0.25, 0.3) is 0 Å². The Bertz CT molecular complexity index is 472. The van der Waals surface area contributed by atoms with Crippen molar-refractivity contribution in [3.05, 3.63) is 41.2 Å². The molecular weight excluding hydrogens is 294 g/mol. The van der Waals surface area contributed by atoms with E-state index in [-0.39, 0.29) is 17.1 Å². The van der Waals surface area contributed by atoms with Crippen molar-refractivity contribution in [3.63, 3.8) is 0 Å². The second kappa shape index (κ2) is 14.4. The van der Waals surface area contributed by atoms with Crippen LogP contribution in [0.1, 0.15) is 47.1 Å². The summed E-state index contributed by atoms with van der Waals surface area (Å²) in [6.45, 7) is 12.9. The minimum Gasteiger partial charge on any atom is -0.512 e. The van der Waals surface area contributed by atoms with E-state index in [9.17, 15) is 9.90 Å². The number of nitrogens with zero attached hydrogens (tertiary/aromatic N) is 1. The fourth-order valence-corrected chi connectivity index (χ4v) is 1.94. The first-order valence-electron chi connectivity index (χ1n) is 7.60. The lowest BCUT2D eigenvalue weighted by atomic mass is 10.2. The molecule has 0 aliphatic carbocycles. The van der Waals surface area contributed by atoms with Gasteiger partial charge >= 0.3 is 0 Å². The largest absolute Gasteiger partial charge is 0.512 e. The van der Waals surface area contributed by atoms with Crippen molar-refractivity contribution >= 4 is 23.8 Å².